The minimum absolute atomic E-state index is 0.344. The van der Waals surface area contributed by atoms with Crippen LogP contribution in [0.3, 0.4) is 0 Å². The lowest BCUT2D eigenvalue weighted by Crippen LogP contribution is -2.33. The fourth-order valence-electron chi connectivity index (χ4n) is 3.47. The molecule has 0 saturated carbocycles. The predicted octanol–water partition coefficient (Wildman–Crippen LogP) is 1.68. The molecular weight excluding hydrogens is 332 g/mol. The van der Waals surface area contributed by atoms with Crippen molar-refractivity contribution in [2.75, 3.05) is 13.1 Å². The first kappa shape index (κ1) is 15.2. The van der Waals surface area contributed by atoms with Crippen LogP contribution in [0.25, 0.3) is 11.5 Å². The first-order valence-electron chi connectivity index (χ1n) is 8.71. The third kappa shape index (κ3) is 2.76. The van der Waals surface area contributed by atoms with Crippen molar-refractivity contribution in [1.82, 2.24) is 39.6 Å². The van der Waals surface area contributed by atoms with Crippen LogP contribution in [-0.2, 0) is 6.54 Å². The Morgan fingerprint density at radius 1 is 1.08 bits per heavy atom. The molecule has 5 rings (SSSR count). The Labute approximate surface area is 149 Å². The Balaban J connectivity index is 1.35. The van der Waals surface area contributed by atoms with Gasteiger partial charge in [0.2, 0.25) is 0 Å². The number of nitrogens with zero attached hydrogens (tertiary/aromatic N) is 8. The van der Waals surface area contributed by atoms with E-state index in [0.29, 0.717) is 5.92 Å². The largest absolute Gasteiger partial charge is 0.360 e. The molecule has 0 amide bonds. The van der Waals surface area contributed by atoms with Crippen LogP contribution in [-0.4, -0.2) is 52.7 Å². The zero-order chi connectivity index (χ0) is 17.3. The third-order valence-electron chi connectivity index (χ3n) is 4.84. The summed E-state index contributed by atoms with van der Waals surface area (Å²) in [6.07, 6.45) is 7.34. The summed E-state index contributed by atoms with van der Waals surface area (Å²) in [5.41, 5.74) is 0.764. The second-order valence-corrected chi connectivity index (χ2v) is 6.50. The highest BCUT2D eigenvalue weighted by atomic mass is 16.5. The van der Waals surface area contributed by atoms with E-state index >= 15 is 0 Å². The van der Waals surface area contributed by atoms with Crippen LogP contribution >= 0.6 is 0 Å². The maximum absolute atomic E-state index is 5.21. The summed E-state index contributed by atoms with van der Waals surface area (Å²) in [7, 11) is 0. The summed E-state index contributed by atoms with van der Waals surface area (Å²) < 4.78 is 8.80. The Morgan fingerprint density at radius 3 is 2.77 bits per heavy atom. The van der Waals surface area contributed by atoms with Gasteiger partial charge in [0.25, 0.3) is 0 Å². The van der Waals surface area contributed by atoms with Gasteiger partial charge in [-0.2, -0.15) is 9.61 Å². The topological polar surface area (TPSA) is 90.2 Å². The van der Waals surface area contributed by atoms with Gasteiger partial charge in [-0.1, -0.05) is 5.16 Å². The van der Waals surface area contributed by atoms with Crippen molar-refractivity contribution >= 4 is 5.65 Å². The maximum Gasteiger partial charge on any atom is 0.178 e. The van der Waals surface area contributed by atoms with Crippen molar-refractivity contribution in [2.45, 2.75) is 25.3 Å². The van der Waals surface area contributed by atoms with Gasteiger partial charge in [-0.15, -0.1) is 15.3 Å². The van der Waals surface area contributed by atoms with E-state index in [0.717, 1.165) is 55.5 Å². The summed E-state index contributed by atoms with van der Waals surface area (Å²) in [5, 5.41) is 21.4. The molecule has 0 aliphatic carbocycles. The monoisotopic (exact) mass is 350 g/mol. The van der Waals surface area contributed by atoms with Gasteiger partial charge in [-0.05, 0) is 44.1 Å². The number of rotatable bonds is 4. The van der Waals surface area contributed by atoms with Crippen LogP contribution in [0, 0.1) is 0 Å². The Hall–Kier alpha value is -3.07. The molecule has 1 aliphatic rings. The molecule has 0 bridgehead atoms. The minimum atomic E-state index is 0.344. The van der Waals surface area contributed by atoms with Gasteiger partial charge in [0.1, 0.15) is 0 Å². The number of hydrogen-bond donors (Lipinski definition) is 0. The van der Waals surface area contributed by atoms with Gasteiger partial charge in [0, 0.05) is 24.4 Å². The van der Waals surface area contributed by atoms with E-state index in [1.165, 1.54) is 0 Å². The Kier molecular flexibility index (Phi) is 3.71. The van der Waals surface area contributed by atoms with E-state index in [9.17, 15) is 0 Å². The second kappa shape index (κ2) is 6.34. The third-order valence-corrected chi connectivity index (χ3v) is 4.84. The van der Waals surface area contributed by atoms with Gasteiger partial charge < -0.3 is 4.52 Å². The van der Waals surface area contributed by atoms with Crippen molar-refractivity contribution in [1.29, 1.82) is 0 Å². The molecule has 1 fully saturated rings. The molecule has 0 N–H and O–H groups in total. The molecule has 0 atom stereocenters. The predicted molar refractivity (Wildman–Crippen MR) is 91.7 cm³/mol. The summed E-state index contributed by atoms with van der Waals surface area (Å²) in [6.45, 7) is 2.77. The standard InChI is InChI=1S/C17H18N8O/c1-7-18-24(9-1)16-3-2-15-20-21-17(25(15)22-16)13-5-10-23(11-6-13)12-14-4-8-19-26-14/h1-4,7-9,13H,5-6,10-12H2. The molecule has 9 nitrogen and oxygen atoms in total. The van der Waals surface area contributed by atoms with Crippen LogP contribution in [0.5, 0.6) is 0 Å². The second-order valence-electron chi connectivity index (χ2n) is 6.50. The fraction of sp³-hybridized carbons (Fsp3) is 0.353. The molecule has 26 heavy (non-hydrogen) atoms. The highest BCUT2D eigenvalue weighted by Crippen LogP contribution is 2.27. The van der Waals surface area contributed by atoms with Crippen LogP contribution in [0.1, 0.15) is 30.3 Å². The molecule has 5 heterocycles. The summed E-state index contributed by atoms with van der Waals surface area (Å²) in [4.78, 5) is 2.38. The molecule has 0 aromatic carbocycles. The SMILES string of the molecule is c1cnn(-c2ccc3nnc(C4CCN(Cc5ccno5)CC4)n3n2)c1. The average molecular weight is 350 g/mol. The molecule has 4 aromatic rings. The number of piperidine rings is 1. The summed E-state index contributed by atoms with van der Waals surface area (Å²) in [5.74, 6) is 2.93. The summed E-state index contributed by atoms with van der Waals surface area (Å²) in [6, 6.07) is 7.63. The maximum atomic E-state index is 5.21. The van der Waals surface area contributed by atoms with E-state index in [1.54, 1.807) is 17.1 Å². The van der Waals surface area contributed by atoms with Crippen molar-refractivity contribution in [3.63, 3.8) is 0 Å². The molecule has 0 unspecified atom stereocenters. The molecule has 1 aliphatic heterocycles. The molecule has 0 spiro atoms. The molecule has 0 radical (unpaired) electrons. The first-order valence-corrected chi connectivity index (χ1v) is 8.71. The lowest BCUT2D eigenvalue weighted by Gasteiger charge is -2.30. The van der Waals surface area contributed by atoms with Gasteiger partial charge in [0.15, 0.2) is 23.0 Å². The van der Waals surface area contributed by atoms with E-state index in [1.807, 2.05) is 35.0 Å². The van der Waals surface area contributed by atoms with Gasteiger partial charge in [0.05, 0.1) is 12.7 Å². The van der Waals surface area contributed by atoms with E-state index in [2.05, 4.69) is 30.5 Å². The minimum Gasteiger partial charge on any atom is -0.360 e. The number of hydrogen-bond acceptors (Lipinski definition) is 7. The first-order chi connectivity index (χ1) is 12.9. The van der Waals surface area contributed by atoms with Crippen LogP contribution < -0.4 is 0 Å². The molecule has 1 saturated heterocycles. The highest BCUT2D eigenvalue weighted by Gasteiger charge is 2.25. The zero-order valence-corrected chi connectivity index (χ0v) is 14.1. The molecule has 132 valence electrons. The number of likely N-dealkylation sites (tertiary alicyclic amines) is 1. The smallest absolute Gasteiger partial charge is 0.178 e. The van der Waals surface area contributed by atoms with Crippen molar-refractivity contribution in [3.05, 3.63) is 54.4 Å². The quantitative estimate of drug-likeness (QED) is 0.553. The van der Waals surface area contributed by atoms with Gasteiger partial charge >= 0.3 is 0 Å². The van der Waals surface area contributed by atoms with E-state index < -0.39 is 0 Å². The van der Waals surface area contributed by atoms with Gasteiger partial charge in [-0.3, -0.25) is 4.90 Å². The van der Waals surface area contributed by atoms with Crippen LogP contribution in [0.4, 0.5) is 0 Å². The fourth-order valence-corrected chi connectivity index (χ4v) is 3.47. The highest BCUT2D eigenvalue weighted by molar-refractivity contribution is 5.39. The van der Waals surface area contributed by atoms with Crippen LogP contribution in [0.2, 0.25) is 0 Å². The Morgan fingerprint density at radius 2 is 2.00 bits per heavy atom. The van der Waals surface area contributed by atoms with Crippen molar-refractivity contribution in [3.8, 4) is 5.82 Å². The normalized spacial score (nSPS) is 16.5. The molecule has 4 aromatic heterocycles. The van der Waals surface area contributed by atoms with Crippen LogP contribution in [0.15, 0.2) is 47.4 Å². The Bertz CT molecular complexity index is 983. The zero-order valence-electron chi connectivity index (χ0n) is 14.1. The summed E-state index contributed by atoms with van der Waals surface area (Å²) >= 11 is 0. The van der Waals surface area contributed by atoms with E-state index in [4.69, 9.17) is 4.52 Å². The average Bonchev–Trinajstić information content (AvgIpc) is 3.43. The van der Waals surface area contributed by atoms with E-state index in [-0.39, 0.29) is 0 Å². The number of fused-ring (bicyclic) bond motifs is 1. The van der Waals surface area contributed by atoms with Gasteiger partial charge in [-0.25, -0.2) is 4.68 Å². The van der Waals surface area contributed by atoms with Crippen molar-refractivity contribution in [2.24, 2.45) is 0 Å². The molecular formula is C17H18N8O. The number of aromatic nitrogens is 7. The van der Waals surface area contributed by atoms with Crippen molar-refractivity contribution < 1.29 is 4.52 Å². The lowest BCUT2D eigenvalue weighted by atomic mass is 9.96. The molecule has 9 heteroatoms. The lowest BCUT2D eigenvalue weighted by molar-refractivity contribution is 0.181.